The minimum absolute atomic E-state index is 0.138. The topological polar surface area (TPSA) is 79.6 Å². The van der Waals surface area contributed by atoms with Gasteiger partial charge in [-0.2, -0.15) is 0 Å². The first kappa shape index (κ1) is 20.9. The summed E-state index contributed by atoms with van der Waals surface area (Å²) in [6.07, 6.45) is 4.43. The second-order valence-corrected chi connectivity index (χ2v) is 8.54. The van der Waals surface area contributed by atoms with Crippen LogP contribution in [0.4, 0.5) is 4.79 Å². The quantitative estimate of drug-likeness (QED) is 0.538. The molecule has 3 aromatic rings. The minimum atomic E-state index is -0.961. The number of benzene rings is 2. The zero-order chi connectivity index (χ0) is 22.1. The molecule has 7 heteroatoms. The lowest BCUT2D eigenvalue weighted by atomic mass is 10.1. The van der Waals surface area contributed by atoms with E-state index in [9.17, 15) is 19.5 Å². The number of amides is 2. The van der Waals surface area contributed by atoms with Crippen LogP contribution in [-0.2, 0) is 11.3 Å². The van der Waals surface area contributed by atoms with Crippen molar-refractivity contribution in [1.82, 2.24) is 9.47 Å². The van der Waals surface area contributed by atoms with Crippen molar-refractivity contribution in [2.45, 2.75) is 32.9 Å². The first-order chi connectivity index (χ1) is 14.9. The minimum Gasteiger partial charge on any atom is -0.478 e. The molecular formula is C24H22N2O4S. The van der Waals surface area contributed by atoms with Gasteiger partial charge in [0, 0.05) is 35.2 Å². The summed E-state index contributed by atoms with van der Waals surface area (Å²) in [5, 5.41) is 9.98. The van der Waals surface area contributed by atoms with E-state index >= 15 is 0 Å². The number of aromatic nitrogens is 1. The Morgan fingerprint density at radius 3 is 2.68 bits per heavy atom. The zero-order valence-electron chi connectivity index (χ0n) is 17.2. The molecule has 6 nitrogen and oxygen atoms in total. The predicted molar refractivity (Wildman–Crippen MR) is 122 cm³/mol. The molecule has 31 heavy (non-hydrogen) atoms. The van der Waals surface area contributed by atoms with Crippen LogP contribution in [0.25, 0.3) is 17.0 Å². The van der Waals surface area contributed by atoms with Gasteiger partial charge in [-0.25, -0.2) is 4.79 Å². The molecule has 1 aromatic heterocycles. The Bertz CT molecular complexity index is 1230. The average molecular weight is 435 g/mol. The third-order valence-electron chi connectivity index (χ3n) is 5.49. The molecule has 4 rings (SSSR count). The van der Waals surface area contributed by atoms with E-state index in [4.69, 9.17) is 0 Å². The second-order valence-electron chi connectivity index (χ2n) is 7.54. The molecule has 0 bridgehead atoms. The molecule has 0 spiro atoms. The summed E-state index contributed by atoms with van der Waals surface area (Å²) in [6.45, 7) is 4.31. The Hall–Kier alpha value is -3.32. The van der Waals surface area contributed by atoms with Crippen LogP contribution in [0.5, 0.6) is 0 Å². The van der Waals surface area contributed by atoms with Crippen LogP contribution in [0.15, 0.2) is 59.6 Å². The number of carbonyl (C=O) groups is 3. The van der Waals surface area contributed by atoms with Crippen LogP contribution in [-0.4, -0.2) is 37.7 Å². The van der Waals surface area contributed by atoms with Gasteiger partial charge in [0.2, 0.25) is 0 Å². The molecule has 0 radical (unpaired) electrons. The van der Waals surface area contributed by atoms with Gasteiger partial charge in [-0.05, 0) is 54.9 Å². The number of carboxylic acids is 1. The second kappa shape index (κ2) is 8.43. The van der Waals surface area contributed by atoms with Crippen molar-refractivity contribution < 1.29 is 19.5 Å². The SMILES string of the molecule is CC[C@H](C)N1C(=O)S/C(=C/c2cn(Cc3cccc(C(=O)O)c3)c3ccccc23)C1=O. The summed E-state index contributed by atoms with van der Waals surface area (Å²) in [6, 6.07) is 14.5. The maximum Gasteiger partial charge on any atom is 0.335 e. The van der Waals surface area contributed by atoms with Crippen molar-refractivity contribution in [3.05, 3.63) is 76.3 Å². The van der Waals surface area contributed by atoms with E-state index < -0.39 is 5.97 Å². The molecule has 2 heterocycles. The highest BCUT2D eigenvalue weighted by Crippen LogP contribution is 2.35. The van der Waals surface area contributed by atoms with Gasteiger partial charge in [-0.15, -0.1) is 0 Å². The molecule has 0 aliphatic carbocycles. The smallest absolute Gasteiger partial charge is 0.335 e. The predicted octanol–water partition coefficient (Wildman–Crippen LogP) is 5.22. The highest BCUT2D eigenvalue weighted by atomic mass is 32.2. The third kappa shape index (κ3) is 4.01. The Morgan fingerprint density at radius 2 is 1.94 bits per heavy atom. The lowest BCUT2D eigenvalue weighted by molar-refractivity contribution is -0.124. The Kier molecular flexibility index (Phi) is 5.69. The van der Waals surface area contributed by atoms with Crippen molar-refractivity contribution in [3.63, 3.8) is 0 Å². The Balaban J connectivity index is 1.72. The molecule has 1 aliphatic heterocycles. The van der Waals surface area contributed by atoms with Crippen LogP contribution in [0.2, 0.25) is 0 Å². The van der Waals surface area contributed by atoms with Crippen LogP contribution < -0.4 is 0 Å². The van der Waals surface area contributed by atoms with Crippen LogP contribution in [0.3, 0.4) is 0 Å². The molecule has 1 aliphatic rings. The lowest BCUT2D eigenvalue weighted by Gasteiger charge is -2.19. The number of para-hydroxylation sites is 1. The van der Waals surface area contributed by atoms with E-state index in [1.807, 2.05) is 54.9 Å². The van der Waals surface area contributed by atoms with E-state index in [-0.39, 0.29) is 22.8 Å². The Labute approximate surface area is 184 Å². The zero-order valence-corrected chi connectivity index (χ0v) is 18.1. The fourth-order valence-electron chi connectivity index (χ4n) is 3.70. The molecular weight excluding hydrogens is 412 g/mol. The largest absolute Gasteiger partial charge is 0.478 e. The van der Waals surface area contributed by atoms with Crippen LogP contribution in [0, 0.1) is 0 Å². The van der Waals surface area contributed by atoms with E-state index in [2.05, 4.69) is 0 Å². The number of rotatable bonds is 6. The first-order valence-corrected chi connectivity index (χ1v) is 10.9. The van der Waals surface area contributed by atoms with E-state index in [1.54, 1.807) is 24.3 Å². The summed E-state index contributed by atoms with van der Waals surface area (Å²) in [5.41, 5.74) is 2.92. The monoisotopic (exact) mass is 434 g/mol. The summed E-state index contributed by atoms with van der Waals surface area (Å²) in [5.74, 6) is -1.22. The van der Waals surface area contributed by atoms with Gasteiger partial charge in [0.1, 0.15) is 0 Å². The van der Waals surface area contributed by atoms with E-state index in [1.165, 1.54) is 4.90 Å². The molecule has 1 N–H and O–H groups in total. The molecule has 1 saturated heterocycles. The van der Waals surface area contributed by atoms with Gasteiger partial charge in [-0.3, -0.25) is 14.5 Å². The van der Waals surface area contributed by atoms with Crippen molar-refractivity contribution in [3.8, 4) is 0 Å². The molecule has 2 aromatic carbocycles. The fraction of sp³-hybridized carbons (Fsp3) is 0.208. The number of fused-ring (bicyclic) bond motifs is 1. The summed E-state index contributed by atoms with van der Waals surface area (Å²) < 4.78 is 2.03. The lowest BCUT2D eigenvalue weighted by Crippen LogP contribution is -2.36. The van der Waals surface area contributed by atoms with Gasteiger partial charge >= 0.3 is 5.97 Å². The number of carboxylic acid groups (broad SMARTS) is 1. The first-order valence-electron chi connectivity index (χ1n) is 10.1. The molecule has 2 amide bonds. The maximum atomic E-state index is 12.8. The molecule has 1 atom stereocenters. The molecule has 0 saturated carbocycles. The third-order valence-corrected chi connectivity index (χ3v) is 6.37. The molecule has 0 unspecified atom stereocenters. The average Bonchev–Trinajstić information content (AvgIpc) is 3.24. The highest BCUT2D eigenvalue weighted by Gasteiger charge is 2.37. The highest BCUT2D eigenvalue weighted by molar-refractivity contribution is 8.18. The number of imide groups is 1. The van der Waals surface area contributed by atoms with Crippen molar-refractivity contribution in [2.75, 3.05) is 0 Å². The van der Waals surface area contributed by atoms with Crippen molar-refractivity contribution in [1.29, 1.82) is 0 Å². The van der Waals surface area contributed by atoms with Gasteiger partial charge < -0.3 is 9.67 Å². The summed E-state index contributed by atoms with van der Waals surface area (Å²) >= 11 is 0.971. The van der Waals surface area contributed by atoms with E-state index in [0.717, 1.165) is 33.8 Å². The van der Waals surface area contributed by atoms with E-state index in [0.29, 0.717) is 17.9 Å². The molecule has 1 fully saturated rings. The standard InChI is InChI=1S/C24H22N2O4S/c1-3-15(2)26-22(27)21(31-24(26)30)12-18-14-25(20-10-5-4-9-19(18)20)13-16-7-6-8-17(11-16)23(28)29/h4-12,14-15H,3,13H2,1-2H3,(H,28,29)/b21-12+/t15-/m0/s1. The summed E-state index contributed by atoms with van der Waals surface area (Å²) in [7, 11) is 0. The number of carbonyl (C=O) groups excluding carboxylic acids is 2. The summed E-state index contributed by atoms with van der Waals surface area (Å²) in [4.78, 5) is 38.2. The Morgan fingerprint density at radius 1 is 1.16 bits per heavy atom. The van der Waals surface area contributed by atoms with Crippen molar-refractivity contribution in [2.24, 2.45) is 0 Å². The number of hydrogen-bond donors (Lipinski definition) is 1. The number of thioether (sulfide) groups is 1. The fourth-order valence-corrected chi connectivity index (χ4v) is 4.62. The van der Waals surface area contributed by atoms with Gasteiger partial charge in [0.05, 0.1) is 10.5 Å². The normalized spacial score (nSPS) is 16.5. The van der Waals surface area contributed by atoms with Crippen molar-refractivity contribution >= 4 is 45.9 Å². The molecule has 158 valence electrons. The van der Waals surface area contributed by atoms with Gasteiger partial charge in [0.25, 0.3) is 11.1 Å². The number of aromatic carboxylic acids is 1. The van der Waals surface area contributed by atoms with Crippen LogP contribution >= 0.6 is 11.8 Å². The maximum absolute atomic E-state index is 12.8. The van der Waals surface area contributed by atoms with Crippen LogP contribution in [0.1, 0.15) is 41.8 Å². The number of nitrogens with zero attached hydrogens (tertiary/aromatic N) is 2. The van der Waals surface area contributed by atoms with Gasteiger partial charge in [0.15, 0.2) is 0 Å². The van der Waals surface area contributed by atoms with Gasteiger partial charge in [-0.1, -0.05) is 37.3 Å². The number of hydrogen-bond acceptors (Lipinski definition) is 4.